The molecule has 0 atom stereocenters. The second-order valence-corrected chi connectivity index (χ2v) is 4.71. The summed E-state index contributed by atoms with van der Waals surface area (Å²) >= 11 is 0. The molecule has 1 saturated carbocycles. The summed E-state index contributed by atoms with van der Waals surface area (Å²) in [6.07, 6.45) is 5.38. The summed E-state index contributed by atoms with van der Waals surface area (Å²) < 4.78 is 2.32. The van der Waals surface area contributed by atoms with Crippen LogP contribution >= 0.6 is 0 Å². The number of rotatable bonds is 4. The third-order valence-electron chi connectivity index (χ3n) is 3.14. The Morgan fingerprint density at radius 2 is 2.32 bits per heavy atom. The number of carbonyl (C=O) groups is 1. The molecule has 0 spiro atoms. The van der Waals surface area contributed by atoms with E-state index in [1.54, 1.807) is 29.1 Å². The maximum atomic E-state index is 12.0. The van der Waals surface area contributed by atoms with Crippen molar-refractivity contribution in [3.05, 3.63) is 47.6 Å². The van der Waals surface area contributed by atoms with Crippen LogP contribution in [0.25, 0.3) is 0 Å². The van der Waals surface area contributed by atoms with Crippen LogP contribution in [-0.4, -0.2) is 15.7 Å². The first-order valence-corrected chi connectivity index (χ1v) is 6.25. The molecule has 19 heavy (non-hydrogen) atoms. The van der Waals surface area contributed by atoms with Gasteiger partial charge in [-0.3, -0.25) is 4.79 Å². The van der Waals surface area contributed by atoms with E-state index >= 15 is 0 Å². The highest BCUT2D eigenvalue weighted by Crippen LogP contribution is 2.31. The fraction of sp³-hybridized carbons (Fsp3) is 0.308. The molecular formula is C13H14N4O2. The summed E-state index contributed by atoms with van der Waals surface area (Å²) in [5.41, 5.74) is 0.0710. The van der Waals surface area contributed by atoms with Gasteiger partial charge in [0.05, 0.1) is 6.20 Å². The van der Waals surface area contributed by atoms with Crippen LogP contribution < -0.4 is 10.0 Å². The lowest BCUT2D eigenvalue weighted by Crippen LogP contribution is -2.36. The number of amides is 1. The zero-order valence-corrected chi connectivity index (χ0v) is 10.3. The number of hydrogen-bond donors (Lipinski definition) is 1. The summed E-state index contributed by atoms with van der Waals surface area (Å²) in [6, 6.07) is 6.47. The molecule has 2 aromatic rings. The van der Waals surface area contributed by atoms with E-state index in [4.69, 9.17) is 0 Å². The standard InChI is InChI=1S/C13H14N4O2/c18-13(11-3-1-2-8-17(11)19)15-12-6-7-14-16(12)9-10-4-5-10/h1-3,6-8,10H,4-5,9H2,(H,15,18). The minimum Gasteiger partial charge on any atom is -0.618 e. The monoisotopic (exact) mass is 258 g/mol. The Morgan fingerprint density at radius 3 is 3.05 bits per heavy atom. The van der Waals surface area contributed by atoms with Gasteiger partial charge in [0.2, 0.25) is 0 Å². The molecule has 98 valence electrons. The summed E-state index contributed by atoms with van der Waals surface area (Å²) in [5.74, 6) is 0.866. The van der Waals surface area contributed by atoms with Crippen LogP contribution in [-0.2, 0) is 6.54 Å². The molecule has 0 bridgehead atoms. The third-order valence-corrected chi connectivity index (χ3v) is 3.14. The Morgan fingerprint density at radius 1 is 1.47 bits per heavy atom. The molecule has 0 aliphatic heterocycles. The SMILES string of the molecule is O=C(Nc1ccnn1CC1CC1)c1cccc[n+]1[O-]. The predicted molar refractivity (Wildman–Crippen MR) is 68.3 cm³/mol. The Balaban J connectivity index is 1.76. The number of nitrogens with one attached hydrogen (secondary N) is 1. The van der Waals surface area contributed by atoms with Crippen molar-refractivity contribution in [1.82, 2.24) is 9.78 Å². The highest BCUT2D eigenvalue weighted by molar-refractivity contribution is 6.01. The second-order valence-electron chi connectivity index (χ2n) is 4.71. The van der Waals surface area contributed by atoms with Crippen LogP contribution in [0.1, 0.15) is 23.3 Å². The molecule has 2 heterocycles. The Kier molecular flexibility index (Phi) is 2.91. The molecule has 1 N–H and O–H groups in total. The first-order valence-electron chi connectivity index (χ1n) is 6.25. The summed E-state index contributed by atoms with van der Waals surface area (Å²) in [6.45, 7) is 0.814. The first kappa shape index (κ1) is 11.7. The van der Waals surface area contributed by atoms with Gasteiger partial charge in [0.25, 0.3) is 5.69 Å². The maximum Gasteiger partial charge on any atom is 0.322 e. The van der Waals surface area contributed by atoms with Gasteiger partial charge in [-0.2, -0.15) is 9.83 Å². The van der Waals surface area contributed by atoms with Gasteiger partial charge in [-0.15, -0.1) is 0 Å². The van der Waals surface area contributed by atoms with Gasteiger partial charge < -0.3 is 10.5 Å². The van der Waals surface area contributed by atoms with Crippen LogP contribution in [0.15, 0.2) is 36.7 Å². The fourth-order valence-corrected chi connectivity index (χ4v) is 1.91. The largest absolute Gasteiger partial charge is 0.618 e. The van der Waals surface area contributed by atoms with Gasteiger partial charge in [-0.25, -0.2) is 4.68 Å². The van der Waals surface area contributed by atoms with E-state index in [2.05, 4.69) is 10.4 Å². The van der Waals surface area contributed by atoms with Gasteiger partial charge in [0.1, 0.15) is 5.82 Å². The van der Waals surface area contributed by atoms with Gasteiger partial charge in [-0.1, -0.05) is 0 Å². The average molecular weight is 258 g/mol. The van der Waals surface area contributed by atoms with Crippen molar-refractivity contribution >= 4 is 11.7 Å². The first-order chi connectivity index (χ1) is 9.24. The Bertz CT molecular complexity index is 604. The second kappa shape index (κ2) is 4.72. The van der Waals surface area contributed by atoms with Crippen LogP contribution in [0.5, 0.6) is 0 Å². The van der Waals surface area contributed by atoms with E-state index in [0.717, 1.165) is 6.54 Å². The van der Waals surface area contributed by atoms with E-state index < -0.39 is 5.91 Å². The van der Waals surface area contributed by atoms with Crippen LogP contribution in [0.2, 0.25) is 0 Å². The molecule has 2 aromatic heterocycles. The van der Waals surface area contributed by atoms with Crippen molar-refractivity contribution < 1.29 is 9.52 Å². The van der Waals surface area contributed by atoms with E-state index in [9.17, 15) is 10.0 Å². The predicted octanol–water partition coefficient (Wildman–Crippen LogP) is 1.18. The quantitative estimate of drug-likeness (QED) is 0.661. The van der Waals surface area contributed by atoms with Crippen LogP contribution in [0.3, 0.4) is 0 Å². The maximum absolute atomic E-state index is 12.0. The molecule has 0 unspecified atom stereocenters. The topological polar surface area (TPSA) is 73.9 Å². The van der Waals surface area contributed by atoms with Gasteiger partial charge in [0, 0.05) is 24.7 Å². The third kappa shape index (κ3) is 2.57. The Hall–Kier alpha value is -2.37. The molecule has 0 radical (unpaired) electrons. The summed E-state index contributed by atoms with van der Waals surface area (Å²) in [7, 11) is 0. The minimum absolute atomic E-state index is 0.0710. The van der Waals surface area contributed by atoms with E-state index in [-0.39, 0.29) is 5.69 Å². The Labute approximate surface area is 110 Å². The number of nitrogens with zero attached hydrogens (tertiary/aromatic N) is 3. The lowest BCUT2D eigenvalue weighted by atomic mass is 10.3. The molecule has 1 amide bonds. The molecule has 1 aliphatic rings. The highest BCUT2D eigenvalue weighted by Gasteiger charge is 2.24. The van der Waals surface area contributed by atoms with Gasteiger partial charge >= 0.3 is 5.91 Å². The number of pyridine rings is 1. The molecule has 6 heteroatoms. The van der Waals surface area contributed by atoms with Crippen LogP contribution in [0.4, 0.5) is 5.82 Å². The average Bonchev–Trinajstić information content (AvgIpc) is 3.11. The van der Waals surface area contributed by atoms with Crippen molar-refractivity contribution in [3.8, 4) is 0 Å². The van der Waals surface area contributed by atoms with E-state index in [0.29, 0.717) is 16.5 Å². The molecule has 0 aromatic carbocycles. The highest BCUT2D eigenvalue weighted by atomic mass is 16.5. The normalized spacial score (nSPS) is 14.3. The zero-order chi connectivity index (χ0) is 13.2. The van der Waals surface area contributed by atoms with Crippen molar-refractivity contribution in [2.45, 2.75) is 19.4 Å². The number of hydrogen-bond acceptors (Lipinski definition) is 3. The lowest BCUT2D eigenvalue weighted by molar-refractivity contribution is -0.607. The summed E-state index contributed by atoms with van der Waals surface area (Å²) in [5, 5.41) is 18.4. The van der Waals surface area contributed by atoms with Gasteiger partial charge in [0.15, 0.2) is 6.20 Å². The van der Waals surface area contributed by atoms with Crippen molar-refractivity contribution in [2.24, 2.45) is 5.92 Å². The molecule has 1 fully saturated rings. The number of aromatic nitrogens is 3. The number of anilines is 1. The fourth-order valence-electron chi connectivity index (χ4n) is 1.91. The van der Waals surface area contributed by atoms with Gasteiger partial charge in [-0.05, 0) is 24.8 Å². The molecule has 0 saturated heterocycles. The molecule has 3 rings (SSSR count). The summed E-state index contributed by atoms with van der Waals surface area (Å²) in [4.78, 5) is 12.0. The smallest absolute Gasteiger partial charge is 0.322 e. The molecule has 1 aliphatic carbocycles. The minimum atomic E-state index is -0.423. The number of carbonyl (C=O) groups excluding carboxylic acids is 1. The lowest BCUT2D eigenvalue weighted by Gasteiger charge is -2.08. The van der Waals surface area contributed by atoms with Crippen molar-refractivity contribution in [3.63, 3.8) is 0 Å². The van der Waals surface area contributed by atoms with Crippen molar-refractivity contribution in [2.75, 3.05) is 5.32 Å². The van der Waals surface area contributed by atoms with Crippen molar-refractivity contribution in [1.29, 1.82) is 0 Å². The van der Waals surface area contributed by atoms with E-state index in [1.807, 2.05) is 0 Å². The molecule has 6 nitrogen and oxygen atoms in total. The zero-order valence-electron chi connectivity index (χ0n) is 10.3. The van der Waals surface area contributed by atoms with E-state index in [1.165, 1.54) is 25.1 Å². The van der Waals surface area contributed by atoms with Crippen LogP contribution in [0, 0.1) is 11.1 Å². The molecular weight excluding hydrogens is 244 g/mol.